The Balaban J connectivity index is 1.49. The highest BCUT2D eigenvalue weighted by Gasteiger charge is 2.40. The number of methoxy groups -OCH3 is 2. The second-order valence-corrected chi connectivity index (χ2v) is 7.98. The van der Waals surface area contributed by atoms with Crippen molar-refractivity contribution in [3.8, 4) is 11.5 Å². The first-order valence-corrected chi connectivity index (χ1v) is 10.5. The number of hydrogen-bond acceptors (Lipinski definition) is 5. The molecular formula is C24H26N2O5. The quantitative estimate of drug-likeness (QED) is 0.717. The fourth-order valence-electron chi connectivity index (χ4n) is 4.56. The lowest BCUT2D eigenvalue weighted by Crippen LogP contribution is -2.41. The van der Waals surface area contributed by atoms with E-state index < -0.39 is 0 Å². The fourth-order valence-corrected chi connectivity index (χ4v) is 4.56. The number of carbonyl (C=O) groups excluding carboxylic acids is 3. The van der Waals surface area contributed by atoms with Gasteiger partial charge in [-0.2, -0.15) is 0 Å². The standard InChI is InChI=1S/C24H26N2O5/c1-30-20-12-11-16(13-21(20)31-2)25-22(27)17-8-4-3-7-15(17)14-26-23(28)18-9-5-6-10-19(18)24(26)29/h5-6,9-13,15,17H,3-4,7-8,14H2,1-2H3,(H,25,27). The van der Waals surface area contributed by atoms with Gasteiger partial charge in [-0.3, -0.25) is 19.3 Å². The van der Waals surface area contributed by atoms with Gasteiger partial charge >= 0.3 is 0 Å². The Morgan fingerprint density at radius 2 is 1.61 bits per heavy atom. The normalized spacial score (nSPS) is 20.4. The molecule has 4 rings (SSSR count). The molecule has 2 aromatic rings. The monoisotopic (exact) mass is 422 g/mol. The number of amides is 3. The highest BCUT2D eigenvalue weighted by molar-refractivity contribution is 6.21. The van der Waals surface area contributed by atoms with Crippen molar-refractivity contribution < 1.29 is 23.9 Å². The van der Waals surface area contributed by atoms with Crippen molar-refractivity contribution in [2.75, 3.05) is 26.1 Å². The summed E-state index contributed by atoms with van der Waals surface area (Å²) in [6.45, 7) is 0.260. The van der Waals surface area contributed by atoms with Crippen LogP contribution in [-0.2, 0) is 4.79 Å². The largest absolute Gasteiger partial charge is 0.493 e. The van der Waals surface area contributed by atoms with Crippen molar-refractivity contribution in [3.05, 3.63) is 53.6 Å². The van der Waals surface area contributed by atoms with Crippen LogP contribution in [0.25, 0.3) is 0 Å². The summed E-state index contributed by atoms with van der Waals surface area (Å²) in [6.07, 6.45) is 3.46. The summed E-state index contributed by atoms with van der Waals surface area (Å²) in [5.74, 6) is 0.124. The van der Waals surface area contributed by atoms with Crippen LogP contribution in [0.2, 0.25) is 0 Å². The predicted molar refractivity (Wildman–Crippen MR) is 115 cm³/mol. The number of hydrogen-bond donors (Lipinski definition) is 1. The van der Waals surface area contributed by atoms with Gasteiger partial charge in [0.15, 0.2) is 11.5 Å². The molecule has 2 aliphatic rings. The molecule has 2 unspecified atom stereocenters. The molecule has 1 fully saturated rings. The summed E-state index contributed by atoms with van der Waals surface area (Å²) in [6, 6.07) is 12.1. The molecular weight excluding hydrogens is 396 g/mol. The first-order valence-electron chi connectivity index (χ1n) is 10.5. The summed E-state index contributed by atoms with van der Waals surface area (Å²) in [5.41, 5.74) is 1.50. The minimum Gasteiger partial charge on any atom is -0.493 e. The van der Waals surface area contributed by atoms with Crippen molar-refractivity contribution in [3.63, 3.8) is 0 Å². The SMILES string of the molecule is COc1ccc(NC(=O)C2CCCCC2CN2C(=O)c3ccccc3C2=O)cc1OC. The highest BCUT2D eigenvalue weighted by atomic mass is 16.5. The lowest BCUT2D eigenvalue weighted by molar-refractivity contribution is -0.122. The van der Waals surface area contributed by atoms with Gasteiger partial charge in [0.2, 0.25) is 5.91 Å². The van der Waals surface area contributed by atoms with Gasteiger partial charge in [0.25, 0.3) is 11.8 Å². The van der Waals surface area contributed by atoms with Crippen LogP contribution in [0.15, 0.2) is 42.5 Å². The molecule has 0 spiro atoms. The Morgan fingerprint density at radius 1 is 0.968 bits per heavy atom. The lowest BCUT2D eigenvalue weighted by Gasteiger charge is -2.32. The molecule has 3 amide bonds. The van der Waals surface area contributed by atoms with Gasteiger partial charge in [0.05, 0.1) is 25.3 Å². The van der Waals surface area contributed by atoms with Crippen LogP contribution in [-0.4, -0.2) is 43.4 Å². The van der Waals surface area contributed by atoms with Crippen molar-refractivity contribution in [2.45, 2.75) is 25.7 Å². The highest BCUT2D eigenvalue weighted by Crippen LogP contribution is 2.35. The van der Waals surface area contributed by atoms with Gasteiger partial charge in [-0.15, -0.1) is 0 Å². The predicted octanol–water partition coefficient (Wildman–Crippen LogP) is 3.74. The van der Waals surface area contributed by atoms with E-state index in [-0.39, 0.29) is 36.1 Å². The number of anilines is 1. The van der Waals surface area contributed by atoms with E-state index in [4.69, 9.17) is 9.47 Å². The maximum Gasteiger partial charge on any atom is 0.261 e. The topological polar surface area (TPSA) is 84.9 Å². The summed E-state index contributed by atoms with van der Waals surface area (Å²) >= 11 is 0. The Morgan fingerprint density at radius 3 is 2.26 bits per heavy atom. The van der Waals surface area contributed by atoms with Gasteiger partial charge in [-0.25, -0.2) is 0 Å². The van der Waals surface area contributed by atoms with Crippen LogP contribution >= 0.6 is 0 Å². The summed E-state index contributed by atoms with van der Waals surface area (Å²) < 4.78 is 10.6. The van der Waals surface area contributed by atoms with Crippen molar-refractivity contribution in [1.29, 1.82) is 0 Å². The number of nitrogens with zero attached hydrogens (tertiary/aromatic N) is 1. The van der Waals surface area contributed by atoms with Crippen molar-refractivity contribution >= 4 is 23.4 Å². The third-order valence-corrected chi connectivity index (χ3v) is 6.19. The van der Waals surface area contributed by atoms with Crippen LogP contribution in [0.5, 0.6) is 11.5 Å². The molecule has 1 heterocycles. The van der Waals surface area contributed by atoms with E-state index in [0.29, 0.717) is 28.3 Å². The second kappa shape index (κ2) is 8.79. The molecule has 1 N–H and O–H groups in total. The molecule has 0 saturated heterocycles. The number of imide groups is 1. The molecule has 0 bridgehead atoms. The number of nitrogens with one attached hydrogen (secondary N) is 1. The maximum absolute atomic E-state index is 13.1. The summed E-state index contributed by atoms with van der Waals surface area (Å²) in [4.78, 5) is 39.9. The zero-order valence-electron chi connectivity index (χ0n) is 17.7. The van der Waals surface area contributed by atoms with Crippen LogP contribution in [0.1, 0.15) is 46.4 Å². The van der Waals surface area contributed by atoms with Crippen LogP contribution in [0.4, 0.5) is 5.69 Å². The third kappa shape index (κ3) is 4.00. The minimum atomic E-state index is -0.273. The Bertz CT molecular complexity index is 984. The van der Waals surface area contributed by atoms with E-state index in [1.165, 1.54) is 4.90 Å². The fraction of sp³-hybridized carbons (Fsp3) is 0.375. The molecule has 1 saturated carbocycles. The molecule has 1 aliphatic carbocycles. The molecule has 0 aromatic heterocycles. The smallest absolute Gasteiger partial charge is 0.261 e. The van der Waals surface area contributed by atoms with Gasteiger partial charge in [0.1, 0.15) is 0 Å². The summed E-state index contributed by atoms with van der Waals surface area (Å²) in [5, 5.41) is 2.97. The molecule has 0 radical (unpaired) electrons. The second-order valence-electron chi connectivity index (χ2n) is 7.98. The maximum atomic E-state index is 13.1. The van der Waals surface area contributed by atoms with E-state index >= 15 is 0 Å². The first kappa shape index (κ1) is 20.9. The molecule has 2 atom stereocenters. The van der Waals surface area contributed by atoms with E-state index in [0.717, 1.165) is 25.7 Å². The van der Waals surface area contributed by atoms with Gasteiger partial charge in [-0.1, -0.05) is 25.0 Å². The Labute approximate surface area is 181 Å². The molecule has 162 valence electrons. The number of rotatable bonds is 6. The minimum absolute atomic E-state index is 0.0730. The molecule has 7 nitrogen and oxygen atoms in total. The number of fused-ring (bicyclic) bond motifs is 1. The van der Waals surface area contributed by atoms with Crippen LogP contribution in [0, 0.1) is 11.8 Å². The Hall–Kier alpha value is -3.35. The van der Waals surface area contributed by atoms with Crippen LogP contribution in [0.3, 0.4) is 0 Å². The first-order chi connectivity index (χ1) is 15.0. The Kier molecular flexibility index (Phi) is 5.93. The van der Waals surface area contributed by atoms with Crippen LogP contribution < -0.4 is 14.8 Å². The van der Waals surface area contributed by atoms with Crippen molar-refractivity contribution in [2.24, 2.45) is 11.8 Å². The van der Waals surface area contributed by atoms with E-state index in [1.54, 1.807) is 56.7 Å². The van der Waals surface area contributed by atoms with Gasteiger partial charge in [0, 0.05) is 24.2 Å². The van der Waals surface area contributed by atoms with Gasteiger partial charge < -0.3 is 14.8 Å². The van der Waals surface area contributed by atoms with Crippen molar-refractivity contribution in [1.82, 2.24) is 4.90 Å². The zero-order chi connectivity index (χ0) is 22.0. The third-order valence-electron chi connectivity index (χ3n) is 6.19. The molecule has 1 aliphatic heterocycles. The molecule has 2 aromatic carbocycles. The molecule has 31 heavy (non-hydrogen) atoms. The number of carbonyl (C=O) groups is 3. The average Bonchev–Trinajstić information content (AvgIpc) is 3.04. The molecule has 7 heteroatoms. The number of benzene rings is 2. The van der Waals surface area contributed by atoms with E-state index in [1.807, 2.05) is 0 Å². The van der Waals surface area contributed by atoms with E-state index in [9.17, 15) is 14.4 Å². The average molecular weight is 422 g/mol. The zero-order valence-corrected chi connectivity index (χ0v) is 17.7. The number of ether oxygens (including phenoxy) is 2. The van der Waals surface area contributed by atoms with E-state index in [2.05, 4.69) is 5.32 Å². The lowest BCUT2D eigenvalue weighted by atomic mass is 9.78. The summed E-state index contributed by atoms with van der Waals surface area (Å²) in [7, 11) is 3.10. The van der Waals surface area contributed by atoms with Gasteiger partial charge in [-0.05, 0) is 43.0 Å².